The van der Waals surface area contributed by atoms with Crippen LogP contribution in [0.3, 0.4) is 0 Å². The molecule has 0 aliphatic rings. The van der Waals surface area contributed by atoms with Crippen LogP contribution in [0.4, 0.5) is 0 Å². The number of hydrogen-bond donors (Lipinski definition) is 1. The SMILES string of the molecule is CS(=O)(=O)CCc1cc(CO)no1. The van der Waals surface area contributed by atoms with Crippen molar-refractivity contribution in [3.63, 3.8) is 0 Å². The average molecular weight is 205 g/mol. The van der Waals surface area contributed by atoms with Gasteiger partial charge in [0.2, 0.25) is 0 Å². The van der Waals surface area contributed by atoms with E-state index in [0.717, 1.165) is 6.26 Å². The van der Waals surface area contributed by atoms with E-state index < -0.39 is 9.84 Å². The molecule has 1 heterocycles. The highest BCUT2D eigenvalue weighted by Gasteiger charge is 2.07. The largest absolute Gasteiger partial charge is 0.390 e. The van der Waals surface area contributed by atoms with Crippen molar-refractivity contribution >= 4 is 9.84 Å². The lowest BCUT2D eigenvalue weighted by molar-refractivity contribution is 0.265. The van der Waals surface area contributed by atoms with Crippen LogP contribution in [0.25, 0.3) is 0 Å². The summed E-state index contributed by atoms with van der Waals surface area (Å²) in [6, 6.07) is 1.55. The molecule has 0 aliphatic carbocycles. The fourth-order valence-electron chi connectivity index (χ4n) is 0.834. The topological polar surface area (TPSA) is 80.4 Å². The van der Waals surface area contributed by atoms with E-state index in [4.69, 9.17) is 9.63 Å². The predicted molar refractivity (Wildman–Crippen MR) is 45.8 cm³/mol. The monoisotopic (exact) mass is 205 g/mol. The van der Waals surface area contributed by atoms with Gasteiger partial charge in [-0.15, -0.1) is 0 Å². The molecule has 0 amide bonds. The summed E-state index contributed by atoms with van der Waals surface area (Å²) in [4.78, 5) is 0. The Balaban J connectivity index is 2.55. The molecule has 1 aromatic heterocycles. The highest BCUT2D eigenvalue weighted by atomic mass is 32.2. The summed E-state index contributed by atoms with van der Waals surface area (Å²) in [5.41, 5.74) is 0.420. The van der Waals surface area contributed by atoms with Gasteiger partial charge in [0.05, 0.1) is 12.4 Å². The molecular formula is C7H11NO4S. The van der Waals surface area contributed by atoms with E-state index in [-0.39, 0.29) is 12.4 Å². The molecule has 0 unspecified atom stereocenters. The highest BCUT2D eigenvalue weighted by molar-refractivity contribution is 7.90. The molecule has 74 valence electrons. The molecule has 0 bridgehead atoms. The van der Waals surface area contributed by atoms with Gasteiger partial charge in [-0.25, -0.2) is 8.42 Å². The number of aryl methyl sites for hydroxylation is 1. The van der Waals surface area contributed by atoms with E-state index in [1.165, 1.54) is 0 Å². The maximum absolute atomic E-state index is 10.8. The van der Waals surface area contributed by atoms with Crippen LogP contribution in [0.2, 0.25) is 0 Å². The van der Waals surface area contributed by atoms with Crippen molar-refractivity contribution in [2.45, 2.75) is 13.0 Å². The molecule has 0 atom stereocenters. The van der Waals surface area contributed by atoms with Gasteiger partial charge < -0.3 is 9.63 Å². The van der Waals surface area contributed by atoms with Gasteiger partial charge in [-0.1, -0.05) is 5.16 Å². The number of aromatic nitrogens is 1. The zero-order chi connectivity index (χ0) is 9.90. The number of hydrogen-bond acceptors (Lipinski definition) is 5. The lowest BCUT2D eigenvalue weighted by Crippen LogP contribution is -2.05. The number of nitrogens with zero attached hydrogens (tertiary/aromatic N) is 1. The molecular weight excluding hydrogens is 194 g/mol. The standard InChI is InChI=1S/C7H11NO4S/c1-13(10,11)3-2-7-4-6(5-9)8-12-7/h4,9H,2-3,5H2,1H3. The van der Waals surface area contributed by atoms with Gasteiger partial charge in [0, 0.05) is 18.7 Å². The summed E-state index contributed by atoms with van der Waals surface area (Å²) >= 11 is 0. The first-order chi connectivity index (χ1) is 6.01. The van der Waals surface area contributed by atoms with Gasteiger partial charge >= 0.3 is 0 Å². The lowest BCUT2D eigenvalue weighted by Gasteiger charge is -1.92. The zero-order valence-electron chi connectivity index (χ0n) is 7.23. The Morgan fingerprint density at radius 2 is 2.31 bits per heavy atom. The summed E-state index contributed by atoms with van der Waals surface area (Å²) < 4.78 is 26.3. The fourth-order valence-corrected chi connectivity index (χ4v) is 1.41. The second-order valence-electron chi connectivity index (χ2n) is 2.82. The van der Waals surface area contributed by atoms with Crippen LogP contribution >= 0.6 is 0 Å². The minimum atomic E-state index is -2.97. The molecule has 1 N–H and O–H groups in total. The van der Waals surface area contributed by atoms with Gasteiger partial charge in [-0.05, 0) is 0 Å². The lowest BCUT2D eigenvalue weighted by atomic mass is 10.3. The zero-order valence-corrected chi connectivity index (χ0v) is 8.04. The van der Waals surface area contributed by atoms with Gasteiger partial charge in [-0.2, -0.15) is 0 Å². The molecule has 0 radical (unpaired) electrons. The number of rotatable bonds is 4. The molecule has 0 aliphatic heterocycles. The second kappa shape index (κ2) is 3.89. The molecule has 0 spiro atoms. The first kappa shape index (κ1) is 10.2. The Hall–Kier alpha value is -0.880. The van der Waals surface area contributed by atoms with Crippen molar-refractivity contribution in [2.24, 2.45) is 0 Å². The van der Waals surface area contributed by atoms with Crippen molar-refractivity contribution in [3.8, 4) is 0 Å². The summed E-state index contributed by atoms with van der Waals surface area (Å²) in [6.45, 7) is -0.192. The van der Waals surface area contributed by atoms with E-state index in [1.54, 1.807) is 6.07 Å². The normalized spacial score (nSPS) is 11.8. The quantitative estimate of drug-likeness (QED) is 0.733. The van der Waals surface area contributed by atoms with Crippen LogP contribution in [0, 0.1) is 0 Å². The Morgan fingerprint density at radius 1 is 1.62 bits per heavy atom. The molecule has 0 aromatic carbocycles. The van der Waals surface area contributed by atoms with E-state index in [2.05, 4.69) is 5.16 Å². The Morgan fingerprint density at radius 3 is 2.77 bits per heavy atom. The summed E-state index contributed by atoms with van der Waals surface area (Å²) in [7, 11) is -2.97. The third-order valence-electron chi connectivity index (χ3n) is 1.49. The Labute approximate surface area is 76.3 Å². The molecule has 5 nitrogen and oxygen atoms in total. The summed E-state index contributed by atoms with van der Waals surface area (Å²) in [5, 5.41) is 12.2. The van der Waals surface area contributed by atoms with E-state index in [9.17, 15) is 8.42 Å². The van der Waals surface area contributed by atoms with Crippen molar-refractivity contribution < 1.29 is 18.0 Å². The molecule has 13 heavy (non-hydrogen) atoms. The first-order valence-electron chi connectivity index (χ1n) is 3.74. The van der Waals surface area contributed by atoms with E-state index in [0.29, 0.717) is 17.9 Å². The van der Waals surface area contributed by atoms with Gasteiger partial charge in [0.1, 0.15) is 21.3 Å². The van der Waals surface area contributed by atoms with Crippen molar-refractivity contribution in [3.05, 3.63) is 17.5 Å². The average Bonchev–Trinajstić information content (AvgIpc) is 2.47. The maximum atomic E-state index is 10.8. The van der Waals surface area contributed by atoms with Crippen molar-refractivity contribution in [1.29, 1.82) is 0 Å². The molecule has 0 saturated heterocycles. The van der Waals surface area contributed by atoms with E-state index in [1.807, 2.05) is 0 Å². The molecule has 6 heteroatoms. The minimum Gasteiger partial charge on any atom is -0.390 e. The van der Waals surface area contributed by atoms with Crippen LogP contribution in [0.1, 0.15) is 11.5 Å². The third kappa shape index (κ3) is 3.56. The molecule has 0 saturated carbocycles. The maximum Gasteiger partial charge on any atom is 0.147 e. The number of aliphatic hydroxyl groups is 1. The Kier molecular flexibility index (Phi) is 3.05. The van der Waals surface area contributed by atoms with Crippen molar-refractivity contribution in [1.82, 2.24) is 5.16 Å². The van der Waals surface area contributed by atoms with Gasteiger partial charge in [-0.3, -0.25) is 0 Å². The Bertz CT molecular complexity index is 368. The van der Waals surface area contributed by atoms with E-state index >= 15 is 0 Å². The molecule has 1 aromatic rings. The molecule has 0 fully saturated rings. The van der Waals surface area contributed by atoms with Gasteiger partial charge in [0.25, 0.3) is 0 Å². The van der Waals surface area contributed by atoms with Crippen LogP contribution in [-0.4, -0.2) is 30.7 Å². The smallest absolute Gasteiger partial charge is 0.147 e. The molecule has 1 rings (SSSR count). The van der Waals surface area contributed by atoms with Crippen LogP contribution in [0.5, 0.6) is 0 Å². The summed E-state index contributed by atoms with van der Waals surface area (Å²) in [5.74, 6) is 0.516. The first-order valence-corrected chi connectivity index (χ1v) is 5.80. The second-order valence-corrected chi connectivity index (χ2v) is 5.08. The summed E-state index contributed by atoms with van der Waals surface area (Å²) in [6.07, 6.45) is 1.46. The highest BCUT2D eigenvalue weighted by Crippen LogP contribution is 2.05. The predicted octanol–water partition coefficient (Wildman–Crippen LogP) is -0.246. The minimum absolute atomic E-state index is 0.0348. The van der Waals surface area contributed by atoms with Crippen LogP contribution in [-0.2, 0) is 22.9 Å². The van der Waals surface area contributed by atoms with Crippen LogP contribution < -0.4 is 0 Å². The van der Waals surface area contributed by atoms with Crippen LogP contribution in [0.15, 0.2) is 10.6 Å². The number of aliphatic hydroxyl groups excluding tert-OH is 1. The fraction of sp³-hybridized carbons (Fsp3) is 0.571. The third-order valence-corrected chi connectivity index (χ3v) is 2.43. The number of sulfone groups is 1. The van der Waals surface area contributed by atoms with Gasteiger partial charge in [0.15, 0.2) is 0 Å². The van der Waals surface area contributed by atoms with Crippen molar-refractivity contribution in [2.75, 3.05) is 12.0 Å².